The summed E-state index contributed by atoms with van der Waals surface area (Å²) in [6.45, 7) is 15.3. The lowest BCUT2D eigenvalue weighted by atomic mass is 9.79. The summed E-state index contributed by atoms with van der Waals surface area (Å²) in [7, 11) is 3.60. The molecular formula is C41H71N3O8. The van der Waals surface area contributed by atoms with Crippen LogP contribution < -0.4 is 0 Å². The van der Waals surface area contributed by atoms with Crippen molar-refractivity contribution in [3.63, 3.8) is 0 Å². The highest BCUT2D eigenvalue weighted by molar-refractivity contribution is 5.91. The lowest BCUT2D eigenvalue weighted by Crippen LogP contribution is -2.63. The van der Waals surface area contributed by atoms with Crippen molar-refractivity contribution in [1.82, 2.24) is 14.7 Å². The average Bonchev–Trinajstić information content (AvgIpc) is 3.12. The van der Waals surface area contributed by atoms with Crippen molar-refractivity contribution < 1.29 is 39.1 Å². The van der Waals surface area contributed by atoms with Crippen molar-refractivity contribution in [3.05, 3.63) is 23.8 Å². The van der Waals surface area contributed by atoms with E-state index in [9.17, 15) is 24.9 Å². The Morgan fingerprint density at radius 3 is 2.15 bits per heavy atom. The van der Waals surface area contributed by atoms with E-state index in [0.717, 1.165) is 70.5 Å². The number of nitrogens with zero attached hydrogens (tertiary/aromatic N) is 3. The number of ketones is 1. The van der Waals surface area contributed by atoms with Crippen LogP contribution in [0.3, 0.4) is 0 Å². The van der Waals surface area contributed by atoms with Crippen molar-refractivity contribution in [2.75, 3.05) is 53.4 Å². The molecule has 298 valence electrons. The molecule has 3 N–H and O–H groups in total. The third kappa shape index (κ3) is 12.2. The van der Waals surface area contributed by atoms with Gasteiger partial charge in [0.15, 0.2) is 12.1 Å². The molecule has 0 saturated carbocycles. The summed E-state index contributed by atoms with van der Waals surface area (Å²) in [5.41, 5.74) is 0.954. The molecule has 3 fully saturated rings. The molecule has 0 aromatic carbocycles. The van der Waals surface area contributed by atoms with Crippen LogP contribution in [0.1, 0.15) is 98.8 Å². The molecule has 3 saturated heterocycles. The van der Waals surface area contributed by atoms with Gasteiger partial charge in [-0.05, 0) is 118 Å². The van der Waals surface area contributed by atoms with E-state index in [-0.39, 0.29) is 36.1 Å². The molecular weight excluding hydrogens is 662 g/mol. The van der Waals surface area contributed by atoms with E-state index < -0.39 is 54.7 Å². The summed E-state index contributed by atoms with van der Waals surface area (Å²) in [6.07, 6.45) is 8.49. The number of likely N-dealkylation sites (tertiary alicyclic amines) is 2. The topological polar surface area (TPSA) is 132 Å². The number of piperidine rings is 2. The van der Waals surface area contributed by atoms with Gasteiger partial charge in [-0.3, -0.25) is 9.59 Å². The van der Waals surface area contributed by atoms with Gasteiger partial charge in [0.1, 0.15) is 12.2 Å². The molecule has 52 heavy (non-hydrogen) atoms. The first-order chi connectivity index (χ1) is 24.8. The van der Waals surface area contributed by atoms with E-state index >= 15 is 0 Å². The highest BCUT2D eigenvalue weighted by Crippen LogP contribution is 2.35. The van der Waals surface area contributed by atoms with Gasteiger partial charge in [-0.2, -0.15) is 0 Å². The van der Waals surface area contributed by atoms with E-state index in [2.05, 4.69) is 15.9 Å². The van der Waals surface area contributed by atoms with Crippen LogP contribution in [0.2, 0.25) is 0 Å². The van der Waals surface area contributed by atoms with Crippen molar-refractivity contribution in [3.8, 4) is 0 Å². The molecule has 0 aliphatic carbocycles. The summed E-state index contributed by atoms with van der Waals surface area (Å²) in [5.74, 6) is -1.58. The number of ether oxygens (including phenoxy) is 3. The van der Waals surface area contributed by atoms with Gasteiger partial charge >= 0.3 is 5.97 Å². The molecule has 4 rings (SSSR count). The number of carbonyl (C=O) groups is 2. The van der Waals surface area contributed by atoms with E-state index in [1.807, 2.05) is 33.8 Å². The van der Waals surface area contributed by atoms with Crippen LogP contribution in [0.4, 0.5) is 0 Å². The molecule has 4 aliphatic rings. The molecule has 0 aromatic rings. The quantitative estimate of drug-likeness (QED) is 0.295. The lowest BCUT2D eigenvalue weighted by Gasteiger charge is -2.47. The van der Waals surface area contributed by atoms with Crippen LogP contribution in [-0.4, -0.2) is 144 Å². The molecule has 2 unspecified atom stereocenters. The van der Waals surface area contributed by atoms with Crippen molar-refractivity contribution >= 4 is 11.8 Å². The smallest absolute Gasteiger partial charge is 0.308 e. The predicted molar refractivity (Wildman–Crippen MR) is 203 cm³/mol. The third-order valence-electron chi connectivity index (χ3n) is 12.1. The Morgan fingerprint density at radius 2 is 1.54 bits per heavy atom. The molecule has 11 nitrogen and oxygen atoms in total. The number of allylic oxidation sites excluding steroid dienone is 3. The maximum atomic E-state index is 13.8. The molecule has 4 aliphatic heterocycles. The van der Waals surface area contributed by atoms with E-state index in [1.165, 1.54) is 12.8 Å². The second-order valence-electron chi connectivity index (χ2n) is 16.6. The number of esters is 1. The highest BCUT2D eigenvalue weighted by Gasteiger charge is 2.47. The van der Waals surface area contributed by atoms with Gasteiger partial charge < -0.3 is 44.2 Å². The number of cyclic esters (lactones) is 1. The number of likely N-dealkylation sites (N-methyl/N-ethyl adjacent to an activating group) is 1. The van der Waals surface area contributed by atoms with Gasteiger partial charge in [0.05, 0.1) is 36.9 Å². The molecule has 0 radical (unpaired) electrons. The lowest BCUT2D eigenvalue weighted by molar-refractivity contribution is -0.304. The van der Waals surface area contributed by atoms with E-state index in [4.69, 9.17) is 14.2 Å². The Labute approximate surface area is 313 Å². The second kappa shape index (κ2) is 20.8. The molecule has 0 amide bonds. The second-order valence-corrected chi connectivity index (χ2v) is 16.6. The van der Waals surface area contributed by atoms with Gasteiger partial charge in [-0.15, -0.1) is 0 Å². The van der Waals surface area contributed by atoms with Crippen LogP contribution in [0, 0.1) is 23.7 Å². The zero-order valence-corrected chi connectivity index (χ0v) is 33.2. The zero-order chi connectivity index (χ0) is 37.9. The minimum atomic E-state index is -1.17. The number of hydrogen-bond acceptors (Lipinski definition) is 11. The van der Waals surface area contributed by atoms with E-state index in [1.54, 1.807) is 32.0 Å². The molecule has 0 bridgehead atoms. The normalized spacial score (nSPS) is 40.2. The maximum absolute atomic E-state index is 13.8. The number of hydrogen-bond donors (Lipinski definition) is 3. The van der Waals surface area contributed by atoms with Crippen molar-refractivity contribution in [1.29, 1.82) is 0 Å². The molecule has 0 spiro atoms. The summed E-state index contributed by atoms with van der Waals surface area (Å²) in [5, 5.41) is 34.2. The van der Waals surface area contributed by atoms with Crippen LogP contribution in [0.15, 0.2) is 23.8 Å². The van der Waals surface area contributed by atoms with Crippen molar-refractivity contribution in [2.24, 2.45) is 23.7 Å². The molecule has 0 aromatic heterocycles. The number of carbonyl (C=O) groups excluding carboxylic acids is 2. The Hall–Kier alpha value is -1.70. The first-order valence-corrected chi connectivity index (χ1v) is 20.3. The highest BCUT2D eigenvalue weighted by atomic mass is 16.7. The monoisotopic (exact) mass is 734 g/mol. The van der Waals surface area contributed by atoms with Crippen LogP contribution in [0.5, 0.6) is 0 Å². The Balaban J connectivity index is 1.68. The largest absolute Gasteiger partial charge is 0.462 e. The number of rotatable bonds is 9. The average molecular weight is 734 g/mol. The SMILES string of the molecule is CC[C@H]1OC(=O)C[C@@H](O)[C@H](C)[C@@H](OC2O[C@@H](C)[C@H](O)[C@@H](N(C)C)[C@@H]2O)[C@@H](CCN2CCCCC2)C[C@@H](C)C(=O)/C=C/C(C)=C/C1CN1CCCCC1. The fraction of sp³-hybridized carbons (Fsp3) is 0.854. The van der Waals surface area contributed by atoms with Gasteiger partial charge in [0, 0.05) is 24.3 Å². The van der Waals surface area contributed by atoms with Gasteiger partial charge in [-0.25, -0.2) is 0 Å². The first-order valence-electron chi connectivity index (χ1n) is 20.3. The van der Waals surface area contributed by atoms with E-state index in [0.29, 0.717) is 19.3 Å². The summed E-state index contributed by atoms with van der Waals surface area (Å²) in [6, 6.07) is -0.632. The van der Waals surface area contributed by atoms with Gasteiger partial charge in [0.2, 0.25) is 0 Å². The number of aliphatic hydroxyl groups is 3. The summed E-state index contributed by atoms with van der Waals surface area (Å²) >= 11 is 0. The summed E-state index contributed by atoms with van der Waals surface area (Å²) in [4.78, 5) is 34.1. The Morgan fingerprint density at radius 1 is 0.904 bits per heavy atom. The van der Waals surface area contributed by atoms with Gasteiger partial charge in [0.25, 0.3) is 0 Å². The van der Waals surface area contributed by atoms with Crippen LogP contribution >= 0.6 is 0 Å². The molecule has 12 atom stereocenters. The Kier molecular flexibility index (Phi) is 17.2. The fourth-order valence-corrected chi connectivity index (χ4v) is 8.83. The van der Waals surface area contributed by atoms with Crippen LogP contribution in [0.25, 0.3) is 0 Å². The van der Waals surface area contributed by atoms with Crippen molar-refractivity contribution in [2.45, 2.75) is 148 Å². The third-order valence-corrected chi connectivity index (χ3v) is 12.1. The van der Waals surface area contributed by atoms with Crippen LogP contribution in [-0.2, 0) is 23.8 Å². The number of aliphatic hydroxyl groups excluding tert-OH is 3. The Bertz CT molecular complexity index is 1170. The molecule has 11 heteroatoms. The minimum absolute atomic E-state index is 0.0270. The first kappa shape index (κ1) is 43.0. The maximum Gasteiger partial charge on any atom is 0.308 e. The molecule has 4 heterocycles. The van der Waals surface area contributed by atoms with Gasteiger partial charge in [-0.1, -0.05) is 51.3 Å². The minimum Gasteiger partial charge on any atom is -0.462 e. The zero-order valence-electron chi connectivity index (χ0n) is 33.2. The standard InChI is InChI=1S/C41H71N3O8/c1-8-35-32(26-44-20-13-10-14-21-44)23-27(2)15-16-33(45)28(3)24-31(17-22-43-18-11-9-12-19-43)40(29(4)34(46)25-36(47)51-35)52-41-39(49)37(42(6)7)38(48)30(5)50-41/h15-16,23,28-32,34-35,37-41,46,48-49H,8-14,17-22,24-26H2,1-7H3/b16-15+,27-23+/t28-,29+,30+,31+,32?,34-,35-,37-,38+,39+,40-,41?/m1/s1. The predicted octanol–water partition coefficient (Wildman–Crippen LogP) is 4.18. The summed E-state index contributed by atoms with van der Waals surface area (Å²) < 4.78 is 19.1. The fourth-order valence-electron chi connectivity index (χ4n) is 8.83.